The van der Waals surface area contributed by atoms with E-state index in [0.29, 0.717) is 18.4 Å². The number of aliphatic hydroxyl groups excluding tert-OH is 1. The molecule has 1 aromatic carbocycles. The van der Waals surface area contributed by atoms with Gasteiger partial charge in [0.25, 0.3) is 5.69 Å². The zero-order chi connectivity index (χ0) is 18.9. The number of hydrogen-bond acceptors (Lipinski definition) is 6. The molecule has 7 nitrogen and oxygen atoms in total. The molecule has 2 atom stereocenters. The van der Waals surface area contributed by atoms with Gasteiger partial charge in [0.1, 0.15) is 5.76 Å². The SMILES string of the molecule is CO[C@H](c1cccc([N+](=O)[O-])c1)[C@H](C)C1=C(O)C2(CCCCC2)OC1=O. The second kappa shape index (κ2) is 7.07. The van der Waals surface area contributed by atoms with E-state index in [9.17, 15) is 20.0 Å². The summed E-state index contributed by atoms with van der Waals surface area (Å²) in [5.74, 6) is -1.03. The second-order valence-corrected chi connectivity index (χ2v) is 7.00. The number of carbonyl (C=O) groups excluding carboxylic acids is 1. The third kappa shape index (κ3) is 3.07. The summed E-state index contributed by atoms with van der Waals surface area (Å²) in [4.78, 5) is 23.1. The highest BCUT2D eigenvalue weighted by atomic mass is 16.6. The van der Waals surface area contributed by atoms with E-state index in [1.807, 2.05) is 0 Å². The van der Waals surface area contributed by atoms with Gasteiger partial charge in [0.15, 0.2) is 5.60 Å². The van der Waals surface area contributed by atoms with Gasteiger partial charge in [-0.05, 0) is 31.2 Å². The van der Waals surface area contributed by atoms with Gasteiger partial charge in [-0.2, -0.15) is 0 Å². The number of rotatable bonds is 5. The van der Waals surface area contributed by atoms with E-state index in [4.69, 9.17) is 9.47 Å². The van der Waals surface area contributed by atoms with Crippen LogP contribution in [0.3, 0.4) is 0 Å². The summed E-state index contributed by atoms with van der Waals surface area (Å²) in [5.41, 5.74) is -0.162. The smallest absolute Gasteiger partial charge is 0.338 e. The molecule has 1 spiro atoms. The number of esters is 1. The molecule has 26 heavy (non-hydrogen) atoms. The summed E-state index contributed by atoms with van der Waals surface area (Å²) in [6.45, 7) is 1.77. The van der Waals surface area contributed by atoms with Gasteiger partial charge in [-0.15, -0.1) is 0 Å². The van der Waals surface area contributed by atoms with Crippen molar-refractivity contribution in [2.75, 3.05) is 7.11 Å². The van der Waals surface area contributed by atoms with Crippen molar-refractivity contribution in [2.24, 2.45) is 5.92 Å². The maximum Gasteiger partial charge on any atom is 0.338 e. The lowest BCUT2D eigenvalue weighted by Crippen LogP contribution is -2.34. The molecule has 0 unspecified atom stereocenters. The molecule has 0 aromatic heterocycles. The molecule has 1 heterocycles. The lowest BCUT2D eigenvalue weighted by Gasteiger charge is -2.31. The molecule has 0 radical (unpaired) electrons. The van der Waals surface area contributed by atoms with Crippen molar-refractivity contribution in [3.05, 3.63) is 51.3 Å². The number of nitrogens with zero attached hydrogens (tertiary/aromatic N) is 1. The number of hydrogen-bond donors (Lipinski definition) is 1. The van der Waals surface area contributed by atoms with E-state index in [2.05, 4.69) is 0 Å². The predicted octanol–water partition coefficient (Wildman–Crippen LogP) is 3.99. The first-order chi connectivity index (χ1) is 12.4. The Labute approximate surface area is 151 Å². The Morgan fingerprint density at radius 3 is 2.62 bits per heavy atom. The monoisotopic (exact) mass is 361 g/mol. The maximum absolute atomic E-state index is 12.5. The van der Waals surface area contributed by atoms with Crippen LogP contribution in [0.15, 0.2) is 35.6 Å². The normalized spacial score (nSPS) is 21.5. The molecule has 1 N–H and O–H groups in total. The molecule has 1 saturated carbocycles. The van der Waals surface area contributed by atoms with Gasteiger partial charge in [0, 0.05) is 25.2 Å². The number of methoxy groups -OCH3 is 1. The van der Waals surface area contributed by atoms with Crippen LogP contribution in [0.5, 0.6) is 0 Å². The third-order valence-corrected chi connectivity index (χ3v) is 5.43. The van der Waals surface area contributed by atoms with Crippen LogP contribution in [0.25, 0.3) is 0 Å². The first kappa shape index (κ1) is 18.4. The molecule has 0 saturated heterocycles. The van der Waals surface area contributed by atoms with Crippen molar-refractivity contribution in [3.63, 3.8) is 0 Å². The van der Waals surface area contributed by atoms with Gasteiger partial charge in [0.05, 0.1) is 16.6 Å². The average molecular weight is 361 g/mol. The Morgan fingerprint density at radius 2 is 2.00 bits per heavy atom. The van der Waals surface area contributed by atoms with E-state index < -0.39 is 28.5 Å². The quantitative estimate of drug-likeness (QED) is 0.484. The molecule has 1 aliphatic heterocycles. The Bertz CT molecular complexity index is 750. The Kier molecular flexibility index (Phi) is 5.00. The van der Waals surface area contributed by atoms with Crippen LogP contribution in [0.2, 0.25) is 0 Å². The van der Waals surface area contributed by atoms with E-state index in [1.54, 1.807) is 19.1 Å². The van der Waals surface area contributed by atoms with Gasteiger partial charge in [0.2, 0.25) is 0 Å². The number of nitro groups is 1. The zero-order valence-corrected chi connectivity index (χ0v) is 14.9. The summed E-state index contributed by atoms with van der Waals surface area (Å²) in [6, 6.07) is 6.12. The van der Waals surface area contributed by atoms with Crippen LogP contribution < -0.4 is 0 Å². The van der Waals surface area contributed by atoms with Gasteiger partial charge in [-0.25, -0.2) is 4.79 Å². The number of ether oxygens (including phenoxy) is 2. The molecule has 3 rings (SSSR count). The minimum absolute atomic E-state index is 0.00202. The topological polar surface area (TPSA) is 98.9 Å². The van der Waals surface area contributed by atoms with Crippen molar-refractivity contribution in [1.29, 1.82) is 0 Å². The molecule has 0 bridgehead atoms. The summed E-state index contributed by atoms with van der Waals surface area (Å²) in [6.07, 6.45) is 3.49. The van der Waals surface area contributed by atoms with E-state index >= 15 is 0 Å². The lowest BCUT2D eigenvalue weighted by molar-refractivity contribution is -0.385. The molecule has 0 amide bonds. The van der Waals surface area contributed by atoms with Crippen LogP contribution >= 0.6 is 0 Å². The van der Waals surface area contributed by atoms with Crippen molar-refractivity contribution in [3.8, 4) is 0 Å². The number of benzene rings is 1. The fourth-order valence-corrected chi connectivity index (χ4v) is 4.08. The highest BCUT2D eigenvalue weighted by Crippen LogP contribution is 2.46. The van der Waals surface area contributed by atoms with Gasteiger partial charge in [-0.1, -0.05) is 25.5 Å². The first-order valence-corrected chi connectivity index (χ1v) is 8.84. The molecule has 1 aromatic rings. The minimum Gasteiger partial charge on any atom is -0.507 e. The van der Waals surface area contributed by atoms with Gasteiger partial charge in [-0.3, -0.25) is 10.1 Å². The summed E-state index contributed by atoms with van der Waals surface area (Å²) in [7, 11) is 1.48. The molecular formula is C19H23NO6. The Hall–Kier alpha value is -2.41. The predicted molar refractivity (Wildman–Crippen MR) is 93.6 cm³/mol. The molecule has 2 aliphatic rings. The number of aliphatic hydroxyl groups is 1. The first-order valence-electron chi connectivity index (χ1n) is 8.84. The maximum atomic E-state index is 12.5. The van der Waals surface area contributed by atoms with E-state index in [-0.39, 0.29) is 17.0 Å². The third-order valence-electron chi connectivity index (χ3n) is 5.43. The number of carbonyl (C=O) groups is 1. The average Bonchev–Trinajstić information content (AvgIpc) is 2.86. The van der Waals surface area contributed by atoms with Crippen LogP contribution in [0, 0.1) is 16.0 Å². The largest absolute Gasteiger partial charge is 0.507 e. The van der Waals surface area contributed by atoms with Gasteiger partial charge < -0.3 is 14.6 Å². The Balaban J connectivity index is 1.95. The highest BCUT2D eigenvalue weighted by molar-refractivity contribution is 5.93. The van der Waals surface area contributed by atoms with Crippen LogP contribution in [0.1, 0.15) is 50.7 Å². The summed E-state index contributed by atoms with van der Waals surface area (Å²) < 4.78 is 11.1. The minimum atomic E-state index is -0.903. The zero-order valence-electron chi connectivity index (χ0n) is 14.9. The number of nitro benzene ring substituents is 1. The van der Waals surface area contributed by atoms with Crippen molar-refractivity contribution < 1.29 is 24.3 Å². The molecule has 7 heteroatoms. The van der Waals surface area contributed by atoms with E-state index in [1.165, 1.54) is 19.2 Å². The molecule has 1 fully saturated rings. The fourth-order valence-electron chi connectivity index (χ4n) is 4.08. The Morgan fingerprint density at radius 1 is 1.31 bits per heavy atom. The van der Waals surface area contributed by atoms with Gasteiger partial charge >= 0.3 is 5.97 Å². The van der Waals surface area contributed by atoms with Crippen molar-refractivity contribution in [1.82, 2.24) is 0 Å². The summed E-state index contributed by atoms with van der Waals surface area (Å²) >= 11 is 0. The molecule has 1 aliphatic carbocycles. The molecule has 140 valence electrons. The lowest BCUT2D eigenvalue weighted by atomic mass is 9.81. The van der Waals surface area contributed by atoms with Crippen LogP contribution in [-0.2, 0) is 14.3 Å². The van der Waals surface area contributed by atoms with Crippen molar-refractivity contribution >= 4 is 11.7 Å². The highest BCUT2D eigenvalue weighted by Gasteiger charge is 2.50. The fraction of sp³-hybridized carbons (Fsp3) is 0.526. The molecular weight excluding hydrogens is 338 g/mol. The van der Waals surface area contributed by atoms with Crippen molar-refractivity contribution in [2.45, 2.75) is 50.7 Å². The standard InChI is InChI=1S/C19H23NO6/c1-12(16(25-2)13-7-6-8-14(11-13)20(23)24)15-17(21)19(26-18(15)22)9-4-3-5-10-19/h6-8,11-12,16,21H,3-5,9-10H2,1-2H3/t12-,16+/m1/s1. The number of non-ortho nitro benzene ring substituents is 1. The van der Waals surface area contributed by atoms with Crippen LogP contribution in [0.4, 0.5) is 5.69 Å². The van der Waals surface area contributed by atoms with Crippen LogP contribution in [-0.4, -0.2) is 28.7 Å². The van der Waals surface area contributed by atoms with E-state index in [0.717, 1.165) is 19.3 Å². The second-order valence-electron chi connectivity index (χ2n) is 7.00. The summed E-state index contributed by atoms with van der Waals surface area (Å²) in [5, 5.41) is 21.8.